The van der Waals surface area contributed by atoms with Crippen LogP contribution in [0.2, 0.25) is 0 Å². The first-order valence-corrected chi connectivity index (χ1v) is 25.0. The number of aliphatic hydroxyl groups excluding tert-OH is 1. The minimum absolute atomic E-state index is 0.0141. The minimum Gasteiger partial charge on any atom is -0.462 e. The Morgan fingerprint density at radius 1 is 0.446 bits per heavy atom. The van der Waals surface area contributed by atoms with E-state index in [0.717, 1.165) is 123 Å². The van der Waals surface area contributed by atoms with Crippen molar-refractivity contribution in [3.8, 4) is 0 Å². The molecule has 0 aliphatic carbocycles. The number of unbranched alkanes of at least 4 members (excludes halogenated alkanes) is 25. The summed E-state index contributed by atoms with van der Waals surface area (Å²) in [7, 11) is 0. The van der Waals surface area contributed by atoms with Crippen molar-refractivity contribution in [1.29, 1.82) is 0 Å². The van der Waals surface area contributed by atoms with Crippen molar-refractivity contribution in [2.45, 2.75) is 259 Å². The fraction of sp³-hybridized carbons (Fsp3) is 0.959. The lowest BCUT2D eigenvalue weighted by Crippen LogP contribution is -2.33. The molecule has 0 heterocycles. The fourth-order valence-electron chi connectivity index (χ4n) is 7.70. The number of hydrogen-bond acceptors (Lipinski definition) is 6. The number of hydrogen-bond donors (Lipinski definition) is 1. The monoisotopic (exact) mass is 795 g/mol. The second-order valence-corrected chi connectivity index (χ2v) is 17.0. The van der Waals surface area contributed by atoms with Gasteiger partial charge in [-0.25, -0.2) is 4.79 Å². The molecule has 0 aliphatic rings. The highest BCUT2D eigenvalue weighted by atomic mass is 16.6. The van der Waals surface area contributed by atoms with Gasteiger partial charge in [-0.15, -0.1) is 0 Å². The third-order valence-electron chi connectivity index (χ3n) is 11.5. The van der Waals surface area contributed by atoms with Gasteiger partial charge in [0.15, 0.2) is 0 Å². The van der Waals surface area contributed by atoms with E-state index in [-0.39, 0.29) is 24.8 Å². The molecule has 0 aromatic carbocycles. The van der Waals surface area contributed by atoms with Crippen LogP contribution in [-0.4, -0.2) is 79.0 Å². The summed E-state index contributed by atoms with van der Waals surface area (Å²) in [4.78, 5) is 30.3. The molecule has 0 rings (SSSR count). The Balaban J connectivity index is 4.41. The van der Waals surface area contributed by atoms with Crippen LogP contribution in [0.1, 0.15) is 252 Å². The number of carbonyl (C=O) groups is 2. The molecule has 0 saturated heterocycles. The lowest BCUT2D eigenvalue weighted by molar-refractivity contribution is -0.150. The average molecular weight is 795 g/mol. The molecule has 0 fully saturated rings. The highest BCUT2D eigenvalue weighted by molar-refractivity contribution is 5.69. The summed E-state index contributed by atoms with van der Waals surface area (Å²) >= 11 is 0. The van der Waals surface area contributed by atoms with Crippen molar-refractivity contribution in [1.82, 2.24) is 9.80 Å². The molecule has 7 nitrogen and oxygen atoms in total. The molecule has 334 valence electrons. The normalized spacial score (nSPS) is 11.6. The SMILES string of the molecule is CCCCCCCCC(CCCCCCCC)OC(=O)CCCCCCN(CCCCO)CCCCCCOC(=O)N(CCCCCC)CCCCCCCC. The van der Waals surface area contributed by atoms with E-state index < -0.39 is 0 Å². The third-order valence-corrected chi connectivity index (χ3v) is 11.5. The second kappa shape index (κ2) is 44.8. The number of rotatable bonds is 45. The first-order valence-electron chi connectivity index (χ1n) is 25.0. The van der Waals surface area contributed by atoms with Gasteiger partial charge in [0.05, 0.1) is 6.61 Å². The summed E-state index contributed by atoms with van der Waals surface area (Å²) in [6.45, 7) is 14.6. The van der Waals surface area contributed by atoms with Crippen LogP contribution in [0.5, 0.6) is 0 Å². The van der Waals surface area contributed by atoms with E-state index in [1.807, 2.05) is 4.90 Å². The number of nitrogens with zero attached hydrogens (tertiary/aromatic N) is 2. The van der Waals surface area contributed by atoms with Gasteiger partial charge in [0, 0.05) is 26.1 Å². The Kier molecular flexibility index (Phi) is 43.7. The molecule has 1 amide bonds. The molecule has 0 aliphatic heterocycles. The van der Waals surface area contributed by atoms with Crippen LogP contribution in [0.3, 0.4) is 0 Å². The maximum absolute atomic E-state index is 12.9. The van der Waals surface area contributed by atoms with Crippen LogP contribution < -0.4 is 0 Å². The Labute approximate surface area is 349 Å². The van der Waals surface area contributed by atoms with Gasteiger partial charge >= 0.3 is 12.1 Å². The predicted octanol–water partition coefficient (Wildman–Crippen LogP) is 14.4. The molecule has 7 heteroatoms. The van der Waals surface area contributed by atoms with E-state index in [0.29, 0.717) is 13.0 Å². The zero-order valence-corrected chi connectivity index (χ0v) is 38.3. The third kappa shape index (κ3) is 38.2. The average Bonchev–Trinajstić information content (AvgIpc) is 3.19. The molecule has 0 aromatic rings. The summed E-state index contributed by atoms with van der Waals surface area (Å²) in [5, 5.41) is 9.34. The molecule has 0 unspecified atom stereocenters. The maximum atomic E-state index is 12.9. The van der Waals surface area contributed by atoms with E-state index >= 15 is 0 Å². The van der Waals surface area contributed by atoms with Gasteiger partial charge in [-0.2, -0.15) is 0 Å². The molecule has 0 saturated carbocycles. The van der Waals surface area contributed by atoms with Gasteiger partial charge in [0.2, 0.25) is 0 Å². The van der Waals surface area contributed by atoms with Crippen LogP contribution >= 0.6 is 0 Å². The summed E-state index contributed by atoms with van der Waals surface area (Å²) in [5.74, 6) is 0.0141. The van der Waals surface area contributed by atoms with Crippen LogP contribution in [0.15, 0.2) is 0 Å². The number of aliphatic hydroxyl groups is 1. The molecule has 0 aromatic heterocycles. The Morgan fingerprint density at radius 2 is 0.821 bits per heavy atom. The fourth-order valence-corrected chi connectivity index (χ4v) is 7.70. The van der Waals surface area contributed by atoms with E-state index in [2.05, 4.69) is 32.6 Å². The van der Waals surface area contributed by atoms with Gasteiger partial charge in [0.25, 0.3) is 0 Å². The molecule has 0 radical (unpaired) electrons. The van der Waals surface area contributed by atoms with Gasteiger partial charge in [-0.3, -0.25) is 4.79 Å². The van der Waals surface area contributed by atoms with E-state index in [9.17, 15) is 14.7 Å². The highest BCUT2D eigenvalue weighted by Gasteiger charge is 2.16. The van der Waals surface area contributed by atoms with Gasteiger partial charge in [-0.05, 0) is 96.7 Å². The molecule has 0 spiro atoms. The number of carbonyl (C=O) groups excluding carboxylic acids is 2. The molecule has 1 N–H and O–H groups in total. The van der Waals surface area contributed by atoms with Crippen LogP contribution in [0.4, 0.5) is 4.79 Å². The van der Waals surface area contributed by atoms with Crippen molar-refractivity contribution in [2.75, 3.05) is 45.9 Å². The Hall–Kier alpha value is -1.34. The lowest BCUT2D eigenvalue weighted by Gasteiger charge is -2.23. The van der Waals surface area contributed by atoms with Crippen molar-refractivity contribution < 1.29 is 24.2 Å². The summed E-state index contributed by atoms with van der Waals surface area (Å²) in [6.07, 6.45) is 40.6. The van der Waals surface area contributed by atoms with Crippen LogP contribution in [-0.2, 0) is 14.3 Å². The smallest absolute Gasteiger partial charge is 0.409 e. The van der Waals surface area contributed by atoms with Crippen molar-refractivity contribution in [3.05, 3.63) is 0 Å². The second-order valence-electron chi connectivity index (χ2n) is 17.0. The lowest BCUT2D eigenvalue weighted by atomic mass is 10.0. The summed E-state index contributed by atoms with van der Waals surface area (Å²) in [5.41, 5.74) is 0. The van der Waals surface area contributed by atoms with Gasteiger partial charge < -0.3 is 24.4 Å². The van der Waals surface area contributed by atoms with Crippen LogP contribution in [0, 0.1) is 0 Å². The summed E-state index contributed by atoms with van der Waals surface area (Å²) < 4.78 is 11.8. The molecular weight excluding hydrogens is 697 g/mol. The largest absolute Gasteiger partial charge is 0.462 e. The number of esters is 1. The van der Waals surface area contributed by atoms with E-state index in [1.165, 1.54) is 128 Å². The Morgan fingerprint density at radius 3 is 1.30 bits per heavy atom. The predicted molar refractivity (Wildman–Crippen MR) is 241 cm³/mol. The van der Waals surface area contributed by atoms with Crippen molar-refractivity contribution in [2.24, 2.45) is 0 Å². The molecular formula is C49H98N2O5. The van der Waals surface area contributed by atoms with Gasteiger partial charge in [-0.1, -0.05) is 169 Å². The molecule has 56 heavy (non-hydrogen) atoms. The number of amides is 1. The van der Waals surface area contributed by atoms with E-state index in [4.69, 9.17) is 9.47 Å². The molecule has 0 atom stereocenters. The summed E-state index contributed by atoms with van der Waals surface area (Å²) in [6, 6.07) is 0. The highest BCUT2D eigenvalue weighted by Crippen LogP contribution is 2.19. The molecule has 0 bridgehead atoms. The van der Waals surface area contributed by atoms with E-state index in [1.54, 1.807) is 0 Å². The van der Waals surface area contributed by atoms with Gasteiger partial charge in [0.1, 0.15) is 6.10 Å². The van der Waals surface area contributed by atoms with Crippen molar-refractivity contribution >= 4 is 12.1 Å². The zero-order chi connectivity index (χ0) is 41.0. The zero-order valence-electron chi connectivity index (χ0n) is 38.3. The van der Waals surface area contributed by atoms with Crippen molar-refractivity contribution in [3.63, 3.8) is 0 Å². The Bertz CT molecular complexity index is 795. The van der Waals surface area contributed by atoms with Crippen LogP contribution in [0.25, 0.3) is 0 Å². The standard InChI is InChI=1S/C49H98N2O5/c1-5-9-13-17-20-27-37-47(38-28-21-18-14-10-6-2)56-48(53)39-29-22-24-30-40-50(42-34-35-45-52)41-31-25-26-36-46-55-49(54)51(43-32-16-12-8-4)44-33-23-19-15-11-7-3/h47,52H,5-46H2,1-4H3. The first-order chi connectivity index (χ1) is 27.5. The maximum Gasteiger partial charge on any atom is 0.409 e. The minimum atomic E-state index is -0.113. The number of ether oxygens (including phenoxy) is 2. The topological polar surface area (TPSA) is 79.3 Å². The quantitative estimate of drug-likeness (QED) is 0.0488. The first kappa shape index (κ1) is 54.7.